The third-order valence-corrected chi connectivity index (χ3v) is 4.54. The highest BCUT2D eigenvalue weighted by molar-refractivity contribution is 7.80. The van der Waals surface area contributed by atoms with Gasteiger partial charge in [0.05, 0.1) is 23.7 Å². The standard InChI is InChI=1S/C16H15N3O2S/c1-8-7-18-13(9(2)14(8)20)15(22)19-12-5-4-10(21-3)6-11(12)17-16(18)19/h4-7,20,22H,1-3H3. The Hall–Kier alpha value is -2.34. The van der Waals surface area contributed by atoms with Gasteiger partial charge in [-0.05, 0) is 26.0 Å². The average Bonchev–Trinajstić information content (AvgIpc) is 3.00. The zero-order valence-electron chi connectivity index (χ0n) is 12.5. The minimum absolute atomic E-state index is 0.300. The number of fused-ring (bicyclic) bond motifs is 5. The van der Waals surface area contributed by atoms with E-state index in [1.54, 1.807) is 7.11 Å². The van der Waals surface area contributed by atoms with Gasteiger partial charge in [0.15, 0.2) is 0 Å². The van der Waals surface area contributed by atoms with E-state index in [9.17, 15) is 5.11 Å². The summed E-state index contributed by atoms with van der Waals surface area (Å²) in [5.74, 6) is 1.84. The molecule has 4 aromatic rings. The summed E-state index contributed by atoms with van der Waals surface area (Å²) >= 11 is 4.67. The average molecular weight is 313 g/mol. The number of hydrogen-bond acceptors (Lipinski definition) is 4. The monoisotopic (exact) mass is 313 g/mol. The lowest BCUT2D eigenvalue weighted by molar-refractivity contribution is 0.415. The molecule has 3 heterocycles. The molecule has 1 aromatic carbocycles. The number of methoxy groups -OCH3 is 1. The number of pyridine rings is 1. The Morgan fingerprint density at radius 3 is 2.77 bits per heavy atom. The van der Waals surface area contributed by atoms with Crippen LogP contribution in [0.4, 0.5) is 0 Å². The number of rotatable bonds is 1. The molecule has 0 aliphatic rings. The first-order valence-electron chi connectivity index (χ1n) is 6.91. The molecule has 0 aliphatic heterocycles. The Morgan fingerprint density at radius 2 is 2.05 bits per heavy atom. The van der Waals surface area contributed by atoms with Crippen LogP contribution in [0.25, 0.3) is 22.3 Å². The largest absolute Gasteiger partial charge is 0.507 e. The Kier molecular flexibility index (Phi) is 2.62. The van der Waals surface area contributed by atoms with Gasteiger partial charge in [0.2, 0.25) is 5.78 Å². The van der Waals surface area contributed by atoms with Crippen molar-refractivity contribution in [1.29, 1.82) is 0 Å². The van der Waals surface area contributed by atoms with E-state index in [1.165, 1.54) is 0 Å². The van der Waals surface area contributed by atoms with E-state index in [2.05, 4.69) is 12.6 Å². The van der Waals surface area contributed by atoms with Crippen molar-refractivity contribution in [2.75, 3.05) is 7.11 Å². The second-order valence-corrected chi connectivity index (χ2v) is 5.85. The zero-order chi connectivity index (χ0) is 15.6. The molecule has 0 saturated carbocycles. The highest BCUT2D eigenvalue weighted by Gasteiger charge is 2.19. The van der Waals surface area contributed by atoms with E-state index in [4.69, 9.17) is 9.72 Å². The quantitative estimate of drug-likeness (QED) is 0.530. The number of aryl methyl sites for hydroxylation is 2. The van der Waals surface area contributed by atoms with Gasteiger partial charge in [-0.3, -0.25) is 8.80 Å². The predicted octanol–water partition coefficient (Wildman–Crippen LogP) is 3.36. The predicted molar refractivity (Wildman–Crippen MR) is 88.6 cm³/mol. The summed E-state index contributed by atoms with van der Waals surface area (Å²) in [6, 6.07) is 5.78. The molecular formula is C16H15N3O2S. The van der Waals surface area contributed by atoms with E-state index in [0.29, 0.717) is 5.75 Å². The minimum atomic E-state index is 0.300. The second kappa shape index (κ2) is 4.33. The van der Waals surface area contributed by atoms with Gasteiger partial charge < -0.3 is 9.84 Å². The third kappa shape index (κ3) is 1.53. The molecule has 6 heteroatoms. The molecule has 0 unspecified atom stereocenters. The van der Waals surface area contributed by atoms with Crippen LogP contribution in [0.3, 0.4) is 0 Å². The summed E-state index contributed by atoms with van der Waals surface area (Å²) in [6.07, 6.45) is 1.88. The van der Waals surface area contributed by atoms with Crippen molar-refractivity contribution in [2.45, 2.75) is 18.9 Å². The van der Waals surface area contributed by atoms with E-state index in [-0.39, 0.29) is 0 Å². The number of ether oxygens (including phenoxy) is 1. The van der Waals surface area contributed by atoms with Crippen LogP contribution in [0, 0.1) is 13.8 Å². The fourth-order valence-corrected chi connectivity index (χ4v) is 3.46. The minimum Gasteiger partial charge on any atom is -0.507 e. The molecule has 0 radical (unpaired) electrons. The molecule has 0 amide bonds. The van der Waals surface area contributed by atoms with Crippen LogP contribution >= 0.6 is 12.6 Å². The van der Waals surface area contributed by atoms with E-state index in [1.807, 2.05) is 47.0 Å². The van der Waals surface area contributed by atoms with Crippen LogP contribution in [0.2, 0.25) is 0 Å². The van der Waals surface area contributed by atoms with Gasteiger partial charge in [0.25, 0.3) is 0 Å². The summed E-state index contributed by atoms with van der Waals surface area (Å²) in [4.78, 5) is 4.70. The molecule has 4 rings (SSSR count). The topological polar surface area (TPSA) is 51.2 Å². The SMILES string of the molecule is COc1ccc2c(c1)nc1n3cc(C)c(O)c(C)c3c(S)n21. The maximum atomic E-state index is 10.2. The summed E-state index contributed by atoms with van der Waals surface area (Å²) in [5, 5.41) is 10.9. The number of imidazole rings is 2. The number of nitrogens with zero attached hydrogens (tertiary/aromatic N) is 3. The van der Waals surface area contributed by atoms with Crippen LogP contribution in [0.1, 0.15) is 11.1 Å². The molecule has 3 aromatic heterocycles. The summed E-state index contributed by atoms with van der Waals surface area (Å²) in [5.41, 5.74) is 4.28. The smallest absolute Gasteiger partial charge is 0.220 e. The molecule has 112 valence electrons. The lowest BCUT2D eigenvalue weighted by Gasteiger charge is -2.06. The van der Waals surface area contributed by atoms with Gasteiger partial charge in [-0.25, -0.2) is 4.98 Å². The first-order chi connectivity index (χ1) is 10.5. The highest BCUT2D eigenvalue weighted by atomic mass is 32.1. The van der Waals surface area contributed by atoms with Crippen molar-refractivity contribution in [1.82, 2.24) is 13.8 Å². The van der Waals surface area contributed by atoms with Gasteiger partial charge in [0.1, 0.15) is 16.5 Å². The lowest BCUT2D eigenvalue weighted by Crippen LogP contribution is -1.92. The molecule has 22 heavy (non-hydrogen) atoms. The lowest BCUT2D eigenvalue weighted by atomic mass is 10.2. The van der Waals surface area contributed by atoms with Crippen molar-refractivity contribution >= 4 is 35.0 Å². The van der Waals surface area contributed by atoms with Gasteiger partial charge in [0, 0.05) is 23.4 Å². The van der Waals surface area contributed by atoms with Crippen LogP contribution in [-0.2, 0) is 0 Å². The molecular weight excluding hydrogens is 298 g/mol. The Bertz CT molecular complexity index is 1060. The van der Waals surface area contributed by atoms with Gasteiger partial charge in [-0.2, -0.15) is 0 Å². The van der Waals surface area contributed by atoms with E-state index >= 15 is 0 Å². The van der Waals surface area contributed by atoms with Crippen LogP contribution < -0.4 is 4.74 Å². The molecule has 5 nitrogen and oxygen atoms in total. The van der Waals surface area contributed by atoms with Crippen LogP contribution in [0.5, 0.6) is 11.5 Å². The normalized spacial score (nSPS) is 11.8. The first-order valence-corrected chi connectivity index (χ1v) is 7.36. The number of hydrogen-bond donors (Lipinski definition) is 2. The number of thiol groups is 1. The summed E-state index contributed by atoms with van der Waals surface area (Å²) in [6.45, 7) is 3.77. The van der Waals surface area contributed by atoms with E-state index < -0.39 is 0 Å². The highest BCUT2D eigenvalue weighted by Crippen LogP contribution is 2.34. The summed E-state index contributed by atoms with van der Waals surface area (Å²) < 4.78 is 9.21. The van der Waals surface area contributed by atoms with Crippen molar-refractivity contribution in [3.63, 3.8) is 0 Å². The van der Waals surface area contributed by atoms with Crippen LogP contribution in [-0.4, -0.2) is 26.0 Å². The van der Waals surface area contributed by atoms with Crippen molar-refractivity contribution in [3.8, 4) is 11.5 Å². The van der Waals surface area contributed by atoms with Gasteiger partial charge in [-0.15, -0.1) is 12.6 Å². The second-order valence-electron chi connectivity index (χ2n) is 5.43. The number of benzene rings is 1. The van der Waals surface area contributed by atoms with Gasteiger partial charge >= 0.3 is 0 Å². The molecule has 0 fully saturated rings. The summed E-state index contributed by atoms with van der Waals surface area (Å²) in [7, 11) is 1.64. The molecule has 0 spiro atoms. The van der Waals surface area contributed by atoms with Crippen molar-refractivity contribution < 1.29 is 9.84 Å². The van der Waals surface area contributed by atoms with Crippen LogP contribution in [0.15, 0.2) is 29.4 Å². The fraction of sp³-hybridized carbons (Fsp3) is 0.188. The maximum absolute atomic E-state index is 10.2. The fourth-order valence-electron chi connectivity index (χ4n) is 2.99. The maximum Gasteiger partial charge on any atom is 0.220 e. The molecule has 0 aliphatic carbocycles. The Balaban J connectivity index is 2.24. The Morgan fingerprint density at radius 1 is 1.27 bits per heavy atom. The molecule has 0 atom stereocenters. The Labute approximate surface area is 132 Å². The molecule has 0 bridgehead atoms. The molecule has 0 saturated heterocycles. The number of aromatic nitrogens is 3. The number of aromatic hydroxyl groups is 1. The van der Waals surface area contributed by atoms with Crippen molar-refractivity contribution in [2.24, 2.45) is 0 Å². The van der Waals surface area contributed by atoms with Gasteiger partial charge in [-0.1, -0.05) is 0 Å². The first kappa shape index (κ1) is 13.3. The zero-order valence-corrected chi connectivity index (χ0v) is 13.3. The molecule has 1 N–H and O–H groups in total. The van der Waals surface area contributed by atoms with Crippen molar-refractivity contribution in [3.05, 3.63) is 35.5 Å². The van der Waals surface area contributed by atoms with E-state index in [0.717, 1.165) is 44.2 Å². The third-order valence-electron chi connectivity index (χ3n) is 4.13.